The van der Waals surface area contributed by atoms with Crippen molar-refractivity contribution in [1.82, 2.24) is 4.57 Å². The second kappa shape index (κ2) is 11.2. The molecule has 0 radical (unpaired) electrons. The highest BCUT2D eigenvalue weighted by molar-refractivity contribution is 7.07. The molecule has 1 atom stereocenters. The third-order valence-electron chi connectivity index (χ3n) is 6.42. The van der Waals surface area contributed by atoms with Crippen LogP contribution in [0.3, 0.4) is 0 Å². The fourth-order valence-electron chi connectivity index (χ4n) is 4.61. The Bertz CT molecular complexity index is 1830. The zero-order chi connectivity index (χ0) is 28.4. The average Bonchev–Trinajstić information content (AvgIpc) is 3.56. The molecule has 0 fully saturated rings. The van der Waals surface area contributed by atoms with Crippen LogP contribution in [-0.4, -0.2) is 37.3 Å². The van der Waals surface area contributed by atoms with Crippen molar-refractivity contribution in [2.75, 3.05) is 20.8 Å². The average molecular weight is 559 g/mol. The molecule has 0 saturated heterocycles. The Hall–Kier alpha value is -4.70. The summed E-state index contributed by atoms with van der Waals surface area (Å²) >= 11 is 1.19. The van der Waals surface area contributed by atoms with Crippen molar-refractivity contribution in [2.45, 2.75) is 19.9 Å². The number of allylic oxidation sites excluding steroid dienone is 1. The molecule has 0 bridgehead atoms. The zero-order valence-electron chi connectivity index (χ0n) is 22.3. The number of para-hydroxylation sites is 1. The standard InChI is InChI=1S/C30H26N2O7S/c1-5-38-29(35)25-17(2)31-30-32(26(25)21-11-6-7-12-23(21)36-3)27(33)24(40-30)16-20-13-14-22(39-20)18-9-8-10-19(15-18)28(34)37-4/h6-16,26H,5H2,1-4H3/b24-16+/t26-/m0/s1. The number of benzene rings is 2. The predicted molar refractivity (Wildman–Crippen MR) is 149 cm³/mol. The molecule has 2 aromatic heterocycles. The number of furan rings is 1. The summed E-state index contributed by atoms with van der Waals surface area (Å²) in [5.41, 5.74) is 2.13. The van der Waals surface area contributed by atoms with Crippen LogP contribution < -0.4 is 19.6 Å². The number of aromatic nitrogens is 1. The molecular formula is C30H26N2O7S. The third kappa shape index (κ3) is 4.89. The summed E-state index contributed by atoms with van der Waals surface area (Å²) in [7, 11) is 2.87. The summed E-state index contributed by atoms with van der Waals surface area (Å²) in [5.74, 6) is 0.509. The Kier molecular flexibility index (Phi) is 7.52. The quantitative estimate of drug-likeness (QED) is 0.317. The molecule has 3 heterocycles. The van der Waals surface area contributed by atoms with E-state index in [2.05, 4.69) is 4.99 Å². The second-order valence-electron chi connectivity index (χ2n) is 8.82. The molecule has 5 rings (SSSR count). The molecule has 1 aliphatic heterocycles. The number of hydrogen-bond donors (Lipinski definition) is 0. The number of esters is 2. The van der Waals surface area contributed by atoms with Gasteiger partial charge in [-0.15, -0.1) is 0 Å². The second-order valence-corrected chi connectivity index (χ2v) is 9.83. The van der Waals surface area contributed by atoms with Crippen molar-refractivity contribution >= 4 is 29.4 Å². The third-order valence-corrected chi connectivity index (χ3v) is 7.40. The highest BCUT2D eigenvalue weighted by Crippen LogP contribution is 2.35. The first-order chi connectivity index (χ1) is 19.4. The molecule has 204 valence electrons. The van der Waals surface area contributed by atoms with Gasteiger partial charge in [-0.05, 0) is 44.2 Å². The summed E-state index contributed by atoms with van der Waals surface area (Å²) < 4.78 is 23.6. The lowest BCUT2D eigenvalue weighted by Gasteiger charge is -2.25. The maximum absolute atomic E-state index is 13.8. The van der Waals surface area contributed by atoms with E-state index < -0.39 is 18.0 Å². The molecule has 0 spiro atoms. The van der Waals surface area contributed by atoms with Gasteiger partial charge in [0.15, 0.2) is 4.80 Å². The Balaban J connectivity index is 1.62. The van der Waals surface area contributed by atoms with Gasteiger partial charge < -0.3 is 18.6 Å². The van der Waals surface area contributed by atoms with Gasteiger partial charge in [0.05, 0.1) is 42.2 Å². The summed E-state index contributed by atoms with van der Waals surface area (Å²) in [4.78, 5) is 43.9. The first-order valence-electron chi connectivity index (χ1n) is 12.5. The topological polar surface area (TPSA) is 109 Å². The van der Waals surface area contributed by atoms with Crippen LogP contribution in [0.4, 0.5) is 0 Å². The maximum Gasteiger partial charge on any atom is 0.338 e. The molecule has 2 aromatic carbocycles. The number of thiazole rings is 1. The predicted octanol–water partition coefficient (Wildman–Crippen LogP) is 3.85. The molecule has 0 amide bonds. The van der Waals surface area contributed by atoms with E-state index in [1.54, 1.807) is 63.4 Å². The molecule has 0 aliphatic carbocycles. The van der Waals surface area contributed by atoms with Crippen molar-refractivity contribution < 1.29 is 28.2 Å². The Morgan fingerprint density at radius 3 is 2.62 bits per heavy atom. The van der Waals surface area contributed by atoms with Crippen molar-refractivity contribution in [3.8, 4) is 17.1 Å². The first kappa shape index (κ1) is 26.9. The van der Waals surface area contributed by atoms with E-state index in [0.29, 0.717) is 49.0 Å². The summed E-state index contributed by atoms with van der Waals surface area (Å²) in [6, 6.07) is 16.8. The minimum absolute atomic E-state index is 0.183. The Labute approximate surface area is 233 Å². The van der Waals surface area contributed by atoms with E-state index in [-0.39, 0.29) is 17.7 Å². The lowest BCUT2D eigenvalue weighted by atomic mass is 9.95. The largest absolute Gasteiger partial charge is 0.496 e. The van der Waals surface area contributed by atoms with Crippen molar-refractivity contribution in [1.29, 1.82) is 0 Å². The molecule has 10 heteroatoms. The van der Waals surface area contributed by atoms with Crippen molar-refractivity contribution in [2.24, 2.45) is 4.99 Å². The van der Waals surface area contributed by atoms with Gasteiger partial charge in [-0.25, -0.2) is 14.6 Å². The van der Waals surface area contributed by atoms with E-state index in [0.717, 1.165) is 0 Å². The molecule has 0 unspecified atom stereocenters. The number of carbonyl (C=O) groups excluding carboxylic acids is 2. The Morgan fingerprint density at radius 2 is 1.88 bits per heavy atom. The van der Waals surface area contributed by atoms with E-state index in [1.165, 1.54) is 23.0 Å². The van der Waals surface area contributed by atoms with Gasteiger partial charge in [0.1, 0.15) is 23.3 Å². The highest BCUT2D eigenvalue weighted by Gasteiger charge is 2.35. The number of nitrogens with zero attached hydrogens (tertiary/aromatic N) is 2. The molecule has 4 aromatic rings. The molecule has 40 heavy (non-hydrogen) atoms. The van der Waals surface area contributed by atoms with E-state index in [1.807, 2.05) is 24.3 Å². The fourth-order valence-corrected chi connectivity index (χ4v) is 5.64. The van der Waals surface area contributed by atoms with E-state index in [4.69, 9.17) is 18.6 Å². The zero-order valence-corrected chi connectivity index (χ0v) is 23.1. The van der Waals surface area contributed by atoms with Crippen LogP contribution in [0.15, 0.2) is 86.1 Å². The van der Waals surface area contributed by atoms with Gasteiger partial charge in [-0.1, -0.05) is 41.7 Å². The van der Waals surface area contributed by atoms with Crippen LogP contribution in [0, 0.1) is 0 Å². The number of methoxy groups -OCH3 is 2. The van der Waals surface area contributed by atoms with Gasteiger partial charge >= 0.3 is 11.9 Å². The van der Waals surface area contributed by atoms with Crippen LogP contribution >= 0.6 is 11.3 Å². The lowest BCUT2D eigenvalue weighted by molar-refractivity contribution is -0.139. The summed E-state index contributed by atoms with van der Waals surface area (Å²) in [6.45, 7) is 3.64. The smallest absolute Gasteiger partial charge is 0.338 e. The minimum atomic E-state index is -0.790. The van der Waals surface area contributed by atoms with Crippen LogP contribution in [0.1, 0.15) is 41.6 Å². The molecule has 0 saturated carbocycles. The van der Waals surface area contributed by atoms with Crippen molar-refractivity contribution in [3.63, 3.8) is 0 Å². The van der Waals surface area contributed by atoms with Gasteiger partial charge in [0, 0.05) is 17.2 Å². The number of hydrogen-bond acceptors (Lipinski definition) is 9. The van der Waals surface area contributed by atoms with Crippen LogP contribution in [0.2, 0.25) is 0 Å². The van der Waals surface area contributed by atoms with Crippen LogP contribution in [0.25, 0.3) is 17.4 Å². The van der Waals surface area contributed by atoms with E-state index in [9.17, 15) is 14.4 Å². The molecule has 0 N–H and O–H groups in total. The minimum Gasteiger partial charge on any atom is -0.496 e. The number of ether oxygens (including phenoxy) is 3. The normalized spacial score (nSPS) is 14.9. The molecular weight excluding hydrogens is 532 g/mol. The number of rotatable bonds is 7. The van der Waals surface area contributed by atoms with E-state index >= 15 is 0 Å². The van der Waals surface area contributed by atoms with Gasteiger partial charge in [0.2, 0.25) is 0 Å². The number of carbonyl (C=O) groups is 2. The SMILES string of the molecule is CCOC(=O)C1=C(C)N=c2s/c(=C/c3ccc(-c4cccc(C(=O)OC)c4)o3)c(=O)n2[C@H]1c1ccccc1OC. The fraction of sp³-hybridized carbons (Fsp3) is 0.200. The monoisotopic (exact) mass is 558 g/mol. The molecule has 9 nitrogen and oxygen atoms in total. The van der Waals surface area contributed by atoms with Gasteiger partial charge in [-0.2, -0.15) is 0 Å². The molecule has 1 aliphatic rings. The summed E-state index contributed by atoms with van der Waals surface area (Å²) in [6.07, 6.45) is 1.64. The highest BCUT2D eigenvalue weighted by atomic mass is 32.1. The Morgan fingerprint density at radius 1 is 1.07 bits per heavy atom. The lowest BCUT2D eigenvalue weighted by Crippen LogP contribution is -2.40. The van der Waals surface area contributed by atoms with Crippen LogP contribution in [-0.2, 0) is 14.3 Å². The van der Waals surface area contributed by atoms with Crippen LogP contribution in [0.5, 0.6) is 5.75 Å². The summed E-state index contributed by atoms with van der Waals surface area (Å²) in [5, 5.41) is 0. The van der Waals surface area contributed by atoms with Crippen molar-refractivity contribution in [3.05, 3.63) is 109 Å². The maximum atomic E-state index is 13.8. The van der Waals surface area contributed by atoms with Gasteiger partial charge in [-0.3, -0.25) is 9.36 Å². The van der Waals surface area contributed by atoms with Gasteiger partial charge in [0.25, 0.3) is 5.56 Å². The number of fused-ring (bicyclic) bond motifs is 1. The first-order valence-corrected chi connectivity index (χ1v) is 13.3.